The van der Waals surface area contributed by atoms with Crippen molar-refractivity contribution >= 4 is 28.9 Å². The number of halogens is 2. The Morgan fingerprint density at radius 1 is 1.16 bits per heavy atom. The topological polar surface area (TPSA) is 45.0 Å². The minimum Gasteiger partial charge on any atom is -0.479 e. The van der Waals surface area contributed by atoms with E-state index < -0.39 is 0 Å². The highest BCUT2D eigenvalue weighted by molar-refractivity contribution is 6.43. The Morgan fingerprint density at radius 2 is 1.96 bits per heavy atom. The SMILES string of the molecule is N#CCOc1ccc(C2Nc3c(ccc(Cl)c3Cl)C3C=CCC32)cc1. The molecule has 0 spiro atoms. The fraction of sp³-hybridized carbons (Fsp3) is 0.250. The summed E-state index contributed by atoms with van der Waals surface area (Å²) in [7, 11) is 0. The number of fused-ring (bicyclic) bond motifs is 3. The largest absolute Gasteiger partial charge is 0.479 e. The number of nitriles is 1. The van der Waals surface area contributed by atoms with Crippen LogP contribution in [0.5, 0.6) is 5.75 Å². The van der Waals surface area contributed by atoms with Gasteiger partial charge < -0.3 is 10.1 Å². The van der Waals surface area contributed by atoms with Crippen LogP contribution in [0.15, 0.2) is 48.6 Å². The highest BCUT2D eigenvalue weighted by Gasteiger charge is 2.38. The average Bonchev–Trinajstić information content (AvgIpc) is 3.13. The zero-order chi connectivity index (χ0) is 17.4. The Morgan fingerprint density at radius 3 is 2.72 bits per heavy atom. The Kier molecular flexibility index (Phi) is 4.33. The Balaban J connectivity index is 1.69. The first-order valence-corrected chi connectivity index (χ1v) is 8.95. The summed E-state index contributed by atoms with van der Waals surface area (Å²) in [4.78, 5) is 0. The third-order valence-corrected chi connectivity index (χ3v) is 5.77. The first kappa shape index (κ1) is 16.3. The fourth-order valence-electron chi connectivity index (χ4n) is 3.82. The molecular weight excluding hydrogens is 355 g/mol. The summed E-state index contributed by atoms with van der Waals surface area (Å²) in [6.07, 6.45) is 5.53. The molecule has 3 nitrogen and oxygen atoms in total. The van der Waals surface area contributed by atoms with Crippen molar-refractivity contribution in [1.29, 1.82) is 5.26 Å². The molecule has 25 heavy (non-hydrogen) atoms. The first-order chi connectivity index (χ1) is 12.2. The Labute approximate surface area is 156 Å². The monoisotopic (exact) mass is 370 g/mol. The predicted octanol–water partition coefficient (Wildman–Crippen LogP) is 5.72. The molecule has 0 saturated heterocycles. The van der Waals surface area contributed by atoms with Gasteiger partial charge in [0, 0.05) is 5.92 Å². The van der Waals surface area contributed by atoms with E-state index in [9.17, 15) is 0 Å². The van der Waals surface area contributed by atoms with E-state index in [1.807, 2.05) is 36.4 Å². The van der Waals surface area contributed by atoms with Crippen LogP contribution in [0.2, 0.25) is 10.0 Å². The Bertz CT molecular complexity index is 871. The molecule has 2 aromatic carbocycles. The fourth-order valence-corrected chi connectivity index (χ4v) is 4.20. The molecule has 0 fully saturated rings. The Hall–Kier alpha value is -2.15. The third-order valence-electron chi connectivity index (χ3n) is 4.97. The molecule has 0 amide bonds. The van der Waals surface area contributed by atoms with Gasteiger partial charge in [-0.1, -0.05) is 53.6 Å². The van der Waals surface area contributed by atoms with E-state index in [2.05, 4.69) is 23.5 Å². The van der Waals surface area contributed by atoms with Crippen LogP contribution in [0.4, 0.5) is 5.69 Å². The van der Waals surface area contributed by atoms with E-state index in [1.54, 1.807) is 0 Å². The van der Waals surface area contributed by atoms with Crippen molar-refractivity contribution in [1.82, 2.24) is 0 Å². The van der Waals surface area contributed by atoms with E-state index in [0.29, 0.717) is 27.6 Å². The molecule has 0 saturated carbocycles. The zero-order valence-electron chi connectivity index (χ0n) is 13.4. The predicted molar refractivity (Wildman–Crippen MR) is 100 cm³/mol. The quantitative estimate of drug-likeness (QED) is 0.702. The molecule has 4 rings (SSSR count). The van der Waals surface area contributed by atoms with Crippen molar-refractivity contribution in [3.63, 3.8) is 0 Å². The van der Waals surface area contributed by atoms with E-state index in [4.69, 9.17) is 33.2 Å². The van der Waals surface area contributed by atoms with Gasteiger partial charge in [0.05, 0.1) is 21.8 Å². The van der Waals surface area contributed by atoms with Gasteiger partial charge in [0.1, 0.15) is 11.8 Å². The third kappa shape index (κ3) is 2.86. The number of benzene rings is 2. The highest BCUT2D eigenvalue weighted by atomic mass is 35.5. The lowest BCUT2D eigenvalue weighted by molar-refractivity contribution is 0.367. The second kappa shape index (κ2) is 6.63. The van der Waals surface area contributed by atoms with Crippen LogP contribution in [-0.2, 0) is 0 Å². The minimum absolute atomic E-state index is 0.0527. The lowest BCUT2D eigenvalue weighted by Crippen LogP contribution is -2.29. The number of rotatable bonds is 3. The van der Waals surface area contributed by atoms with Crippen LogP contribution in [0.1, 0.15) is 29.5 Å². The summed E-state index contributed by atoms with van der Waals surface area (Å²) in [5.41, 5.74) is 3.31. The molecule has 3 atom stereocenters. The van der Waals surface area contributed by atoms with Crippen molar-refractivity contribution in [3.8, 4) is 11.8 Å². The van der Waals surface area contributed by atoms with Gasteiger partial charge in [-0.15, -0.1) is 0 Å². The van der Waals surface area contributed by atoms with Gasteiger partial charge in [-0.05, 0) is 41.7 Å². The van der Waals surface area contributed by atoms with Gasteiger partial charge in [-0.2, -0.15) is 5.26 Å². The molecule has 0 radical (unpaired) electrons. The standard InChI is InChI=1S/C20H16Cl2N2O/c21-17-9-8-16-14-2-1-3-15(14)19(24-20(16)18(17)22)12-4-6-13(7-5-12)25-11-10-23/h1-2,4-9,14-15,19,24H,3,11H2. The maximum atomic E-state index is 8.61. The normalized spacial score (nSPS) is 23.3. The number of nitrogens with one attached hydrogen (secondary N) is 1. The molecule has 2 aromatic rings. The maximum absolute atomic E-state index is 8.61. The van der Waals surface area contributed by atoms with Gasteiger partial charge in [0.15, 0.2) is 6.61 Å². The molecule has 0 bridgehead atoms. The van der Waals surface area contributed by atoms with Gasteiger partial charge in [0.2, 0.25) is 0 Å². The molecule has 1 aliphatic carbocycles. The van der Waals surface area contributed by atoms with E-state index >= 15 is 0 Å². The van der Waals surface area contributed by atoms with Crippen molar-refractivity contribution in [2.24, 2.45) is 5.92 Å². The van der Waals surface area contributed by atoms with Crippen molar-refractivity contribution in [2.45, 2.75) is 18.4 Å². The number of anilines is 1. The van der Waals surface area contributed by atoms with Crippen molar-refractivity contribution < 1.29 is 4.74 Å². The van der Waals surface area contributed by atoms with Crippen LogP contribution in [-0.4, -0.2) is 6.61 Å². The summed E-state index contributed by atoms with van der Waals surface area (Å²) in [5, 5.41) is 13.4. The highest BCUT2D eigenvalue weighted by Crippen LogP contribution is 2.52. The van der Waals surface area contributed by atoms with Crippen LogP contribution in [0.3, 0.4) is 0 Å². The zero-order valence-corrected chi connectivity index (χ0v) is 14.9. The molecular formula is C20H16Cl2N2O. The van der Waals surface area contributed by atoms with Gasteiger partial charge in [0.25, 0.3) is 0 Å². The number of ether oxygens (including phenoxy) is 1. The summed E-state index contributed by atoms with van der Waals surface area (Å²) < 4.78 is 5.34. The van der Waals surface area contributed by atoms with Gasteiger partial charge in [-0.3, -0.25) is 0 Å². The van der Waals surface area contributed by atoms with Crippen LogP contribution >= 0.6 is 23.2 Å². The van der Waals surface area contributed by atoms with Gasteiger partial charge in [-0.25, -0.2) is 0 Å². The van der Waals surface area contributed by atoms with Gasteiger partial charge >= 0.3 is 0 Å². The summed E-state index contributed by atoms with van der Waals surface area (Å²) in [5.74, 6) is 1.48. The lowest BCUT2D eigenvalue weighted by Gasteiger charge is -2.38. The minimum atomic E-state index is 0.0527. The number of nitrogens with zero attached hydrogens (tertiary/aromatic N) is 1. The number of hydrogen-bond donors (Lipinski definition) is 1. The maximum Gasteiger partial charge on any atom is 0.174 e. The summed E-state index contributed by atoms with van der Waals surface area (Å²) in [6.45, 7) is 0.0527. The van der Waals surface area contributed by atoms with Crippen LogP contribution in [0.25, 0.3) is 0 Å². The van der Waals surface area contributed by atoms with E-state index in [-0.39, 0.29) is 12.6 Å². The molecule has 5 heteroatoms. The number of allylic oxidation sites excluding steroid dienone is 2. The average molecular weight is 371 g/mol. The lowest BCUT2D eigenvalue weighted by atomic mass is 9.77. The molecule has 126 valence electrons. The number of hydrogen-bond acceptors (Lipinski definition) is 3. The molecule has 2 aliphatic rings. The molecule has 0 aromatic heterocycles. The smallest absolute Gasteiger partial charge is 0.174 e. The van der Waals surface area contributed by atoms with Crippen LogP contribution < -0.4 is 10.1 Å². The second-order valence-electron chi connectivity index (χ2n) is 6.32. The molecule has 1 N–H and O–H groups in total. The molecule has 1 heterocycles. The first-order valence-electron chi connectivity index (χ1n) is 8.20. The van der Waals surface area contributed by atoms with E-state index in [1.165, 1.54) is 11.1 Å². The van der Waals surface area contributed by atoms with Crippen molar-refractivity contribution in [3.05, 3.63) is 69.7 Å². The summed E-state index contributed by atoms with van der Waals surface area (Å²) in [6, 6.07) is 14.0. The summed E-state index contributed by atoms with van der Waals surface area (Å²) >= 11 is 12.7. The van der Waals surface area contributed by atoms with E-state index in [0.717, 1.165) is 12.1 Å². The molecule has 3 unspecified atom stereocenters. The van der Waals surface area contributed by atoms with Crippen molar-refractivity contribution in [2.75, 3.05) is 11.9 Å². The second-order valence-corrected chi connectivity index (χ2v) is 7.10. The van der Waals surface area contributed by atoms with Crippen LogP contribution in [0, 0.1) is 17.2 Å². The molecule has 1 aliphatic heterocycles.